The lowest BCUT2D eigenvalue weighted by Gasteiger charge is -2.33. The number of piperidine rings is 1. The second-order valence-corrected chi connectivity index (χ2v) is 6.06. The van der Waals surface area contributed by atoms with E-state index in [0.29, 0.717) is 6.61 Å². The van der Waals surface area contributed by atoms with Crippen LogP contribution in [0.3, 0.4) is 0 Å². The van der Waals surface area contributed by atoms with E-state index < -0.39 is 0 Å². The second kappa shape index (κ2) is 5.92. The molecular weight excluding hydrogens is 260 g/mol. The normalized spacial score (nSPS) is 16.4. The van der Waals surface area contributed by atoms with E-state index >= 15 is 0 Å². The van der Waals surface area contributed by atoms with Crippen LogP contribution >= 0.6 is 0 Å². The lowest BCUT2D eigenvalue weighted by atomic mass is 9.98. The van der Waals surface area contributed by atoms with E-state index in [2.05, 4.69) is 41.9 Å². The van der Waals surface area contributed by atoms with Crippen molar-refractivity contribution in [3.05, 3.63) is 30.0 Å². The first-order valence-electron chi connectivity index (χ1n) is 7.96. The van der Waals surface area contributed by atoms with E-state index in [0.717, 1.165) is 36.0 Å². The predicted molar refractivity (Wildman–Crippen MR) is 88.3 cm³/mol. The van der Waals surface area contributed by atoms with Crippen LogP contribution in [0, 0.1) is 12.8 Å². The molecule has 1 saturated heterocycles. The van der Waals surface area contributed by atoms with Gasteiger partial charge in [-0.25, -0.2) is 0 Å². The molecule has 2 heterocycles. The Labute approximate surface area is 126 Å². The molecule has 3 nitrogen and oxygen atoms in total. The van der Waals surface area contributed by atoms with Crippen LogP contribution in [0.15, 0.2) is 24.3 Å². The summed E-state index contributed by atoms with van der Waals surface area (Å²) in [6, 6.07) is 8.44. The number of fused-ring (bicyclic) bond motifs is 1. The summed E-state index contributed by atoms with van der Waals surface area (Å²) >= 11 is 0. The van der Waals surface area contributed by atoms with E-state index in [1.165, 1.54) is 23.9 Å². The Morgan fingerprint density at radius 3 is 2.71 bits per heavy atom. The summed E-state index contributed by atoms with van der Waals surface area (Å²) in [5, 5.41) is 1.21. The van der Waals surface area contributed by atoms with Gasteiger partial charge in [-0.1, -0.05) is 6.92 Å². The standard InChI is InChI=1S/C18H24N2O/c1-4-21-15-5-6-17-16(12-15)18(11-14(3)19-17)20-9-7-13(2)8-10-20/h5-6,11-13H,4,7-10H2,1-3H3. The minimum Gasteiger partial charge on any atom is -0.494 e. The van der Waals surface area contributed by atoms with Crippen LogP contribution < -0.4 is 9.64 Å². The third-order valence-electron chi connectivity index (χ3n) is 4.32. The first kappa shape index (κ1) is 14.2. The zero-order valence-electron chi connectivity index (χ0n) is 13.2. The van der Waals surface area contributed by atoms with Crippen LogP contribution in [0.1, 0.15) is 32.4 Å². The van der Waals surface area contributed by atoms with Gasteiger partial charge in [-0.2, -0.15) is 0 Å². The van der Waals surface area contributed by atoms with Crippen molar-refractivity contribution in [3.8, 4) is 5.75 Å². The van der Waals surface area contributed by atoms with Crippen LogP contribution in [-0.4, -0.2) is 24.7 Å². The van der Waals surface area contributed by atoms with Gasteiger partial charge in [0.1, 0.15) is 5.75 Å². The molecule has 1 aromatic heterocycles. The average Bonchev–Trinajstić information content (AvgIpc) is 2.48. The highest BCUT2D eigenvalue weighted by Gasteiger charge is 2.18. The molecule has 2 aromatic rings. The number of hydrogen-bond acceptors (Lipinski definition) is 3. The van der Waals surface area contributed by atoms with Gasteiger partial charge in [-0.3, -0.25) is 4.98 Å². The van der Waals surface area contributed by atoms with Gasteiger partial charge < -0.3 is 9.64 Å². The maximum absolute atomic E-state index is 5.66. The van der Waals surface area contributed by atoms with E-state index in [-0.39, 0.29) is 0 Å². The van der Waals surface area contributed by atoms with Crippen LogP contribution in [-0.2, 0) is 0 Å². The summed E-state index contributed by atoms with van der Waals surface area (Å²) in [4.78, 5) is 7.17. The number of rotatable bonds is 3. The molecule has 1 aliphatic rings. The van der Waals surface area contributed by atoms with Gasteiger partial charge in [0.15, 0.2) is 0 Å². The Balaban J connectivity index is 2.04. The van der Waals surface area contributed by atoms with Gasteiger partial charge in [0, 0.05) is 29.9 Å². The van der Waals surface area contributed by atoms with Crippen LogP contribution in [0.25, 0.3) is 10.9 Å². The average molecular weight is 284 g/mol. The zero-order chi connectivity index (χ0) is 14.8. The fourth-order valence-electron chi connectivity index (χ4n) is 3.08. The molecule has 3 rings (SSSR count). The maximum atomic E-state index is 5.66. The quantitative estimate of drug-likeness (QED) is 0.845. The second-order valence-electron chi connectivity index (χ2n) is 6.06. The first-order valence-corrected chi connectivity index (χ1v) is 7.96. The van der Waals surface area contributed by atoms with Crippen LogP contribution in [0.4, 0.5) is 5.69 Å². The van der Waals surface area contributed by atoms with Crippen molar-refractivity contribution in [1.82, 2.24) is 4.98 Å². The molecule has 21 heavy (non-hydrogen) atoms. The van der Waals surface area contributed by atoms with Gasteiger partial charge >= 0.3 is 0 Å². The molecule has 0 saturated carbocycles. The Hall–Kier alpha value is -1.77. The number of benzene rings is 1. The molecule has 0 aliphatic carbocycles. The van der Waals surface area contributed by atoms with Crippen molar-refractivity contribution in [1.29, 1.82) is 0 Å². The lowest BCUT2D eigenvalue weighted by molar-refractivity contribution is 0.340. The number of aryl methyl sites for hydroxylation is 1. The predicted octanol–water partition coefficient (Wildman–Crippen LogP) is 4.18. The van der Waals surface area contributed by atoms with E-state index in [4.69, 9.17) is 4.74 Å². The molecule has 112 valence electrons. The first-order chi connectivity index (χ1) is 10.2. The number of hydrogen-bond donors (Lipinski definition) is 0. The summed E-state index contributed by atoms with van der Waals surface area (Å²) in [6.45, 7) is 9.41. The highest BCUT2D eigenvalue weighted by molar-refractivity contribution is 5.93. The summed E-state index contributed by atoms with van der Waals surface area (Å²) < 4.78 is 5.66. The zero-order valence-corrected chi connectivity index (χ0v) is 13.2. The van der Waals surface area contributed by atoms with Crippen LogP contribution in [0.2, 0.25) is 0 Å². The number of aromatic nitrogens is 1. The van der Waals surface area contributed by atoms with Gasteiger partial charge in [0.2, 0.25) is 0 Å². The highest BCUT2D eigenvalue weighted by atomic mass is 16.5. The van der Waals surface area contributed by atoms with Crippen molar-refractivity contribution in [2.75, 3.05) is 24.6 Å². The third kappa shape index (κ3) is 2.97. The lowest BCUT2D eigenvalue weighted by Crippen LogP contribution is -2.33. The molecule has 3 heteroatoms. The largest absolute Gasteiger partial charge is 0.494 e. The minimum atomic E-state index is 0.696. The molecule has 0 radical (unpaired) electrons. The minimum absolute atomic E-state index is 0.696. The Morgan fingerprint density at radius 2 is 2.00 bits per heavy atom. The molecule has 0 spiro atoms. The summed E-state index contributed by atoms with van der Waals surface area (Å²) in [6.07, 6.45) is 2.54. The Kier molecular flexibility index (Phi) is 4.00. The fraction of sp³-hybridized carbons (Fsp3) is 0.500. The molecule has 0 bridgehead atoms. The molecule has 1 aromatic carbocycles. The van der Waals surface area contributed by atoms with Gasteiger partial charge in [-0.05, 0) is 56.9 Å². The van der Waals surface area contributed by atoms with Crippen molar-refractivity contribution in [2.24, 2.45) is 5.92 Å². The summed E-state index contributed by atoms with van der Waals surface area (Å²) in [5.41, 5.74) is 3.46. The maximum Gasteiger partial charge on any atom is 0.120 e. The van der Waals surface area contributed by atoms with Crippen LogP contribution in [0.5, 0.6) is 5.75 Å². The topological polar surface area (TPSA) is 25.4 Å². The van der Waals surface area contributed by atoms with Crippen molar-refractivity contribution in [3.63, 3.8) is 0 Å². The molecule has 1 aliphatic heterocycles. The smallest absolute Gasteiger partial charge is 0.120 e. The molecule has 0 amide bonds. The fourth-order valence-corrected chi connectivity index (χ4v) is 3.08. The van der Waals surface area contributed by atoms with E-state index in [9.17, 15) is 0 Å². The van der Waals surface area contributed by atoms with Crippen molar-refractivity contribution >= 4 is 16.6 Å². The van der Waals surface area contributed by atoms with Crippen molar-refractivity contribution < 1.29 is 4.74 Å². The number of anilines is 1. The molecule has 0 N–H and O–H groups in total. The Bertz CT molecular complexity index is 630. The van der Waals surface area contributed by atoms with E-state index in [1.54, 1.807) is 0 Å². The summed E-state index contributed by atoms with van der Waals surface area (Å²) in [5.74, 6) is 1.77. The van der Waals surface area contributed by atoms with E-state index in [1.807, 2.05) is 13.0 Å². The number of pyridine rings is 1. The van der Waals surface area contributed by atoms with Gasteiger partial charge in [-0.15, -0.1) is 0 Å². The summed E-state index contributed by atoms with van der Waals surface area (Å²) in [7, 11) is 0. The van der Waals surface area contributed by atoms with Gasteiger partial charge in [0.25, 0.3) is 0 Å². The number of ether oxygens (including phenoxy) is 1. The van der Waals surface area contributed by atoms with Gasteiger partial charge in [0.05, 0.1) is 12.1 Å². The highest BCUT2D eigenvalue weighted by Crippen LogP contribution is 2.32. The number of nitrogens with zero attached hydrogens (tertiary/aromatic N) is 2. The van der Waals surface area contributed by atoms with Crippen molar-refractivity contribution in [2.45, 2.75) is 33.6 Å². The SMILES string of the molecule is CCOc1ccc2nc(C)cc(N3CCC(C)CC3)c2c1. The molecule has 0 unspecified atom stereocenters. The Morgan fingerprint density at radius 1 is 1.24 bits per heavy atom. The third-order valence-corrected chi connectivity index (χ3v) is 4.32. The monoisotopic (exact) mass is 284 g/mol. The molecular formula is C18H24N2O. The molecule has 0 atom stereocenters. The molecule has 1 fully saturated rings.